The standard InChI is InChI=1S/C17H23N3/c1-12-4-6-15(7-5-12)8-9-16-17-13(2)19-14(3)20(17)11-10-18-16/h4-7,16,18H,8-11H2,1-3H3/t16-/m1/s1. The Labute approximate surface area is 121 Å². The Hall–Kier alpha value is -1.61. The minimum Gasteiger partial charge on any atom is -0.329 e. The van der Waals surface area contributed by atoms with Crippen LogP contribution in [0.25, 0.3) is 0 Å². The highest BCUT2D eigenvalue weighted by atomic mass is 15.2. The van der Waals surface area contributed by atoms with E-state index in [2.05, 4.69) is 59.9 Å². The van der Waals surface area contributed by atoms with Gasteiger partial charge < -0.3 is 9.88 Å². The molecule has 3 rings (SSSR count). The van der Waals surface area contributed by atoms with E-state index in [0.717, 1.165) is 31.8 Å². The zero-order valence-corrected chi connectivity index (χ0v) is 12.6. The van der Waals surface area contributed by atoms with E-state index < -0.39 is 0 Å². The van der Waals surface area contributed by atoms with E-state index in [0.29, 0.717) is 6.04 Å². The van der Waals surface area contributed by atoms with E-state index in [1.54, 1.807) is 0 Å². The highest BCUT2D eigenvalue weighted by Crippen LogP contribution is 2.26. The van der Waals surface area contributed by atoms with Crippen LogP contribution in [0, 0.1) is 20.8 Å². The Morgan fingerprint density at radius 2 is 1.95 bits per heavy atom. The minimum absolute atomic E-state index is 0.436. The van der Waals surface area contributed by atoms with Gasteiger partial charge in [-0.05, 0) is 39.2 Å². The smallest absolute Gasteiger partial charge is 0.106 e. The second kappa shape index (κ2) is 5.41. The first-order valence-electron chi connectivity index (χ1n) is 7.47. The summed E-state index contributed by atoms with van der Waals surface area (Å²) >= 11 is 0. The van der Waals surface area contributed by atoms with Crippen molar-refractivity contribution in [1.29, 1.82) is 0 Å². The van der Waals surface area contributed by atoms with E-state index in [9.17, 15) is 0 Å². The van der Waals surface area contributed by atoms with Crippen LogP contribution in [0.3, 0.4) is 0 Å². The third-order valence-electron chi connectivity index (χ3n) is 4.28. The monoisotopic (exact) mass is 269 g/mol. The lowest BCUT2D eigenvalue weighted by atomic mass is 10.00. The molecule has 0 fully saturated rings. The van der Waals surface area contributed by atoms with Crippen LogP contribution in [0.15, 0.2) is 24.3 Å². The van der Waals surface area contributed by atoms with Crippen LogP contribution in [-0.4, -0.2) is 16.1 Å². The maximum absolute atomic E-state index is 4.63. The van der Waals surface area contributed by atoms with Gasteiger partial charge in [0, 0.05) is 19.1 Å². The predicted molar refractivity (Wildman–Crippen MR) is 81.9 cm³/mol. The summed E-state index contributed by atoms with van der Waals surface area (Å²) in [4.78, 5) is 4.63. The molecule has 2 aromatic rings. The van der Waals surface area contributed by atoms with E-state index in [4.69, 9.17) is 0 Å². The van der Waals surface area contributed by atoms with Gasteiger partial charge in [-0.25, -0.2) is 4.98 Å². The first-order valence-corrected chi connectivity index (χ1v) is 7.47. The molecule has 0 spiro atoms. The summed E-state index contributed by atoms with van der Waals surface area (Å²) in [5.74, 6) is 1.15. The van der Waals surface area contributed by atoms with E-state index in [-0.39, 0.29) is 0 Å². The van der Waals surface area contributed by atoms with Crippen molar-refractivity contribution in [3.63, 3.8) is 0 Å². The number of benzene rings is 1. The molecule has 3 heteroatoms. The molecule has 0 saturated heterocycles. The first-order chi connectivity index (χ1) is 9.65. The Kier molecular flexibility index (Phi) is 3.62. The number of hydrogen-bond acceptors (Lipinski definition) is 2. The van der Waals surface area contributed by atoms with Crippen LogP contribution >= 0.6 is 0 Å². The van der Waals surface area contributed by atoms with Crippen molar-refractivity contribution in [3.8, 4) is 0 Å². The second-order valence-corrected chi connectivity index (χ2v) is 5.81. The topological polar surface area (TPSA) is 29.9 Å². The largest absolute Gasteiger partial charge is 0.329 e. The van der Waals surface area contributed by atoms with Gasteiger partial charge in [0.2, 0.25) is 0 Å². The molecule has 1 aromatic heterocycles. The molecule has 0 bridgehead atoms. The van der Waals surface area contributed by atoms with Gasteiger partial charge in [-0.2, -0.15) is 0 Å². The predicted octanol–water partition coefficient (Wildman–Crippen LogP) is 3.09. The molecule has 1 aliphatic rings. The van der Waals surface area contributed by atoms with Crippen LogP contribution in [0.4, 0.5) is 0 Å². The van der Waals surface area contributed by atoms with Gasteiger partial charge in [0.05, 0.1) is 11.4 Å². The fraction of sp³-hybridized carbons (Fsp3) is 0.471. The summed E-state index contributed by atoms with van der Waals surface area (Å²) in [6.45, 7) is 8.46. The molecule has 0 aliphatic carbocycles. The molecule has 0 radical (unpaired) electrons. The second-order valence-electron chi connectivity index (χ2n) is 5.81. The van der Waals surface area contributed by atoms with E-state index in [1.807, 2.05) is 0 Å². The molecule has 0 unspecified atom stereocenters. The number of aryl methyl sites for hydroxylation is 4. The van der Waals surface area contributed by atoms with Crippen molar-refractivity contribution in [3.05, 3.63) is 52.6 Å². The van der Waals surface area contributed by atoms with Gasteiger partial charge in [-0.1, -0.05) is 29.8 Å². The Bertz CT molecular complexity index is 595. The SMILES string of the molecule is Cc1ccc(CC[C@H]2NCCn3c(C)nc(C)c32)cc1. The lowest BCUT2D eigenvalue weighted by molar-refractivity contribution is 0.401. The molecular weight excluding hydrogens is 246 g/mol. The highest BCUT2D eigenvalue weighted by Gasteiger charge is 2.24. The van der Waals surface area contributed by atoms with Gasteiger partial charge in [0.1, 0.15) is 5.82 Å². The Morgan fingerprint density at radius 1 is 1.20 bits per heavy atom. The average Bonchev–Trinajstić information content (AvgIpc) is 2.74. The number of hydrogen-bond donors (Lipinski definition) is 1. The minimum atomic E-state index is 0.436. The molecule has 3 nitrogen and oxygen atoms in total. The molecular formula is C17H23N3. The van der Waals surface area contributed by atoms with Crippen LogP contribution in [-0.2, 0) is 13.0 Å². The molecule has 1 aromatic carbocycles. The third-order valence-corrected chi connectivity index (χ3v) is 4.28. The van der Waals surface area contributed by atoms with Crippen molar-refractivity contribution in [1.82, 2.24) is 14.9 Å². The zero-order chi connectivity index (χ0) is 14.1. The normalized spacial score (nSPS) is 18.1. The van der Waals surface area contributed by atoms with Crippen LogP contribution in [0.1, 0.15) is 40.8 Å². The summed E-state index contributed by atoms with van der Waals surface area (Å²) in [5.41, 5.74) is 5.32. The fourth-order valence-corrected chi connectivity index (χ4v) is 3.20. The van der Waals surface area contributed by atoms with Crippen molar-refractivity contribution < 1.29 is 0 Å². The highest BCUT2D eigenvalue weighted by molar-refractivity contribution is 5.24. The summed E-state index contributed by atoms with van der Waals surface area (Å²) < 4.78 is 2.38. The van der Waals surface area contributed by atoms with Crippen molar-refractivity contribution in [2.75, 3.05) is 6.54 Å². The van der Waals surface area contributed by atoms with Gasteiger partial charge >= 0.3 is 0 Å². The van der Waals surface area contributed by atoms with Crippen molar-refractivity contribution in [2.45, 2.75) is 46.2 Å². The Balaban J connectivity index is 1.75. The van der Waals surface area contributed by atoms with Gasteiger partial charge in [-0.15, -0.1) is 0 Å². The first kappa shape index (κ1) is 13.4. The van der Waals surface area contributed by atoms with Crippen molar-refractivity contribution >= 4 is 0 Å². The van der Waals surface area contributed by atoms with Crippen LogP contribution < -0.4 is 5.32 Å². The van der Waals surface area contributed by atoms with Crippen LogP contribution in [0.5, 0.6) is 0 Å². The molecule has 1 atom stereocenters. The Morgan fingerprint density at radius 3 is 2.70 bits per heavy atom. The number of fused-ring (bicyclic) bond motifs is 1. The summed E-state index contributed by atoms with van der Waals surface area (Å²) in [6.07, 6.45) is 2.25. The van der Waals surface area contributed by atoms with Gasteiger partial charge in [0.25, 0.3) is 0 Å². The maximum atomic E-state index is 4.63. The van der Waals surface area contributed by atoms with Gasteiger partial charge in [0.15, 0.2) is 0 Å². The third kappa shape index (κ3) is 2.50. The molecule has 0 saturated carbocycles. The lowest BCUT2D eigenvalue weighted by Gasteiger charge is -2.27. The summed E-state index contributed by atoms with van der Waals surface area (Å²) in [6, 6.07) is 9.32. The summed E-state index contributed by atoms with van der Waals surface area (Å²) in [7, 11) is 0. The van der Waals surface area contributed by atoms with Gasteiger partial charge in [-0.3, -0.25) is 0 Å². The maximum Gasteiger partial charge on any atom is 0.106 e. The van der Waals surface area contributed by atoms with Crippen LogP contribution in [0.2, 0.25) is 0 Å². The number of nitrogens with zero attached hydrogens (tertiary/aromatic N) is 2. The molecule has 106 valence electrons. The quantitative estimate of drug-likeness (QED) is 0.928. The molecule has 1 N–H and O–H groups in total. The summed E-state index contributed by atoms with van der Waals surface area (Å²) in [5, 5.41) is 3.65. The number of nitrogens with one attached hydrogen (secondary N) is 1. The lowest BCUT2D eigenvalue weighted by Crippen LogP contribution is -2.34. The number of imidazole rings is 1. The number of aromatic nitrogens is 2. The molecule has 0 amide bonds. The fourth-order valence-electron chi connectivity index (χ4n) is 3.20. The number of rotatable bonds is 3. The zero-order valence-electron chi connectivity index (χ0n) is 12.6. The average molecular weight is 269 g/mol. The molecule has 20 heavy (non-hydrogen) atoms. The van der Waals surface area contributed by atoms with E-state index >= 15 is 0 Å². The van der Waals surface area contributed by atoms with E-state index in [1.165, 1.54) is 22.5 Å². The molecule has 2 heterocycles. The van der Waals surface area contributed by atoms with Crippen molar-refractivity contribution in [2.24, 2.45) is 0 Å². The molecule has 1 aliphatic heterocycles.